The maximum absolute atomic E-state index is 13.6. The molecular formula is C25H28F3NO. The third-order valence-electron chi connectivity index (χ3n) is 6.03. The highest BCUT2D eigenvalue weighted by molar-refractivity contribution is 6.06. The lowest BCUT2D eigenvalue weighted by atomic mass is 9.73. The molecule has 1 atom stereocenters. The maximum atomic E-state index is 13.6. The van der Waals surface area contributed by atoms with E-state index in [1.54, 1.807) is 0 Å². The van der Waals surface area contributed by atoms with E-state index < -0.39 is 17.2 Å². The van der Waals surface area contributed by atoms with Gasteiger partial charge in [0, 0.05) is 24.5 Å². The van der Waals surface area contributed by atoms with Gasteiger partial charge in [0.15, 0.2) is 5.78 Å². The zero-order valence-electron chi connectivity index (χ0n) is 17.5. The lowest BCUT2D eigenvalue weighted by Crippen LogP contribution is -2.32. The zero-order valence-corrected chi connectivity index (χ0v) is 17.5. The first kappa shape index (κ1) is 22.1. The molecule has 0 saturated heterocycles. The number of halogens is 3. The van der Waals surface area contributed by atoms with Gasteiger partial charge in [0.25, 0.3) is 0 Å². The third-order valence-corrected chi connectivity index (χ3v) is 6.03. The van der Waals surface area contributed by atoms with Crippen molar-refractivity contribution in [1.82, 2.24) is 0 Å². The van der Waals surface area contributed by atoms with Gasteiger partial charge in [0.2, 0.25) is 0 Å². The van der Waals surface area contributed by atoms with Gasteiger partial charge in [-0.2, -0.15) is 13.2 Å². The second-order valence-corrected chi connectivity index (χ2v) is 8.04. The van der Waals surface area contributed by atoms with E-state index in [1.807, 2.05) is 48.5 Å². The van der Waals surface area contributed by atoms with Crippen LogP contribution in [-0.4, -0.2) is 12.8 Å². The summed E-state index contributed by atoms with van der Waals surface area (Å²) >= 11 is 0. The predicted octanol–water partition coefficient (Wildman–Crippen LogP) is 6.91. The molecule has 2 nitrogen and oxygen atoms in total. The highest BCUT2D eigenvalue weighted by Gasteiger charge is 2.46. The number of para-hydroxylation sites is 1. The third kappa shape index (κ3) is 4.61. The van der Waals surface area contributed by atoms with Gasteiger partial charge < -0.3 is 4.90 Å². The Bertz CT molecular complexity index is 887. The Kier molecular flexibility index (Phi) is 6.69. The van der Waals surface area contributed by atoms with Crippen molar-refractivity contribution in [2.75, 3.05) is 11.9 Å². The average molecular weight is 415 g/mol. The van der Waals surface area contributed by atoms with E-state index in [1.165, 1.54) is 12.1 Å². The minimum atomic E-state index is -4.38. The number of rotatable bonds is 7. The number of hydrogen-bond donors (Lipinski definition) is 0. The van der Waals surface area contributed by atoms with Crippen molar-refractivity contribution in [3.63, 3.8) is 0 Å². The van der Waals surface area contributed by atoms with Gasteiger partial charge in [-0.15, -0.1) is 0 Å². The second kappa shape index (κ2) is 9.07. The van der Waals surface area contributed by atoms with Gasteiger partial charge in [-0.3, -0.25) is 4.79 Å². The van der Waals surface area contributed by atoms with Crippen molar-refractivity contribution in [3.05, 3.63) is 77.5 Å². The van der Waals surface area contributed by atoms with Crippen LogP contribution in [-0.2, 0) is 16.4 Å². The van der Waals surface area contributed by atoms with E-state index >= 15 is 0 Å². The Labute approximate surface area is 176 Å². The average Bonchev–Trinajstić information content (AvgIpc) is 3.05. The molecule has 1 aliphatic rings. The number of carbonyl (C=O) groups is 1. The molecule has 1 fully saturated rings. The Morgan fingerprint density at radius 1 is 1.03 bits per heavy atom. The number of ketones is 1. The molecule has 30 heavy (non-hydrogen) atoms. The molecule has 0 spiro atoms. The van der Waals surface area contributed by atoms with Crippen LogP contribution in [0.2, 0.25) is 0 Å². The minimum absolute atomic E-state index is 0.0427. The molecule has 0 amide bonds. The molecule has 1 saturated carbocycles. The van der Waals surface area contributed by atoms with E-state index in [4.69, 9.17) is 0 Å². The van der Waals surface area contributed by atoms with Gasteiger partial charge in [0.05, 0.1) is 11.0 Å². The Morgan fingerprint density at radius 2 is 1.70 bits per heavy atom. The fourth-order valence-electron chi connectivity index (χ4n) is 4.29. The minimum Gasteiger partial charge on any atom is -0.351 e. The van der Waals surface area contributed by atoms with Crippen molar-refractivity contribution < 1.29 is 18.0 Å². The van der Waals surface area contributed by atoms with Crippen LogP contribution in [0, 0.1) is 0 Å². The van der Waals surface area contributed by atoms with Gasteiger partial charge in [-0.1, -0.05) is 56.5 Å². The smallest absolute Gasteiger partial charge is 0.351 e. The molecule has 1 unspecified atom stereocenters. The van der Waals surface area contributed by atoms with Gasteiger partial charge in [0.1, 0.15) is 0 Å². The highest BCUT2D eigenvalue weighted by atomic mass is 19.4. The molecule has 0 radical (unpaired) electrons. The van der Waals surface area contributed by atoms with E-state index in [9.17, 15) is 18.0 Å². The summed E-state index contributed by atoms with van der Waals surface area (Å²) in [6, 6.07) is 15.0. The first-order valence-electron chi connectivity index (χ1n) is 10.5. The molecule has 0 aromatic heterocycles. The Morgan fingerprint density at radius 3 is 2.30 bits per heavy atom. The zero-order chi connectivity index (χ0) is 21.8. The largest absolute Gasteiger partial charge is 0.416 e. The number of anilines is 1. The van der Waals surface area contributed by atoms with Crippen LogP contribution in [0.1, 0.15) is 56.6 Å². The molecular weight excluding hydrogens is 387 g/mol. The van der Waals surface area contributed by atoms with Crippen molar-refractivity contribution in [2.24, 2.45) is 0 Å². The molecule has 1 aliphatic carbocycles. The van der Waals surface area contributed by atoms with E-state index in [2.05, 4.69) is 6.92 Å². The number of Topliss-reactive ketones (excluding diaryl/α,β-unsaturated/α-hetero) is 1. The molecule has 5 heteroatoms. The predicted molar refractivity (Wildman–Crippen MR) is 114 cm³/mol. The molecule has 160 valence electrons. The van der Waals surface area contributed by atoms with E-state index in [-0.39, 0.29) is 5.78 Å². The summed E-state index contributed by atoms with van der Waals surface area (Å²) in [5.74, 6) is 0.0427. The van der Waals surface area contributed by atoms with Crippen molar-refractivity contribution in [1.29, 1.82) is 0 Å². The van der Waals surface area contributed by atoms with Crippen molar-refractivity contribution in [3.8, 4) is 0 Å². The summed E-state index contributed by atoms with van der Waals surface area (Å²) in [7, 11) is 1.91. The Hall–Kier alpha value is -2.56. The van der Waals surface area contributed by atoms with Gasteiger partial charge in [-0.25, -0.2) is 0 Å². The standard InChI is InChI=1S/C25H28F3NO/c1-3-4-8-16-24(20-11-13-21(14-12-20)25(26,27)28)17-15-19(23(24)30)18-29(2)22-9-6-5-7-10-22/h5-7,9-14,18H,3-4,8,15-17H2,1-2H3/b19-18+. The summed E-state index contributed by atoms with van der Waals surface area (Å²) in [6.45, 7) is 2.10. The maximum Gasteiger partial charge on any atom is 0.416 e. The number of unbranched alkanes of at least 4 members (excludes halogenated alkanes) is 2. The van der Waals surface area contributed by atoms with E-state index in [0.717, 1.165) is 42.7 Å². The summed E-state index contributed by atoms with van der Waals surface area (Å²) in [4.78, 5) is 15.5. The van der Waals surface area contributed by atoms with Crippen LogP contribution < -0.4 is 4.90 Å². The van der Waals surface area contributed by atoms with Crippen LogP contribution in [0.4, 0.5) is 18.9 Å². The van der Waals surface area contributed by atoms with Crippen LogP contribution in [0.5, 0.6) is 0 Å². The SMILES string of the molecule is CCCCCC1(c2ccc(C(F)(F)F)cc2)CC/C(=C\N(C)c2ccccc2)C1=O. The summed E-state index contributed by atoms with van der Waals surface area (Å²) in [6.07, 6.45) is 2.33. The molecule has 0 aliphatic heterocycles. The number of benzene rings is 2. The van der Waals surface area contributed by atoms with Crippen molar-refractivity contribution in [2.45, 2.75) is 57.0 Å². The topological polar surface area (TPSA) is 20.3 Å². The van der Waals surface area contributed by atoms with E-state index in [0.29, 0.717) is 24.8 Å². The quantitative estimate of drug-likeness (QED) is 0.362. The summed E-state index contributed by atoms with van der Waals surface area (Å²) < 4.78 is 39.0. The fourth-order valence-corrected chi connectivity index (χ4v) is 4.29. The lowest BCUT2D eigenvalue weighted by Gasteiger charge is -2.28. The van der Waals surface area contributed by atoms with Crippen LogP contribution in [0.25, 0.3) is 0 Å². The normalized spacial score (nSPS) is 20.7. The highest BCUT2D eigenvalue weighted by Crippen LogP contribution is 2.45. The van der Waals surface area contributed by atoms with Gasteiger partial charge in [-0.05, 0) is 49.1 Å². The number of allylic oxidation sites excluding steroid dienone is 1. The van der Waals surface area contributed by atoms with Crippen LogP contribution >= 0.6 is 0 Å². The van der Waals surface area contributed by atoms with Crippen LogP contribution in [0.15, 0.2) is 66.4 Å². The lowest BCUT2D eigenvalue weighted by molar-refractivity contribution is -0.137. The summed E-state index contributed by atoms with van der Waals surface area (Å²) in [5.41, 5.74) is 0.999. The first-order valence-corrected chi connectivity index (χ1v) is 10.5. The first-order chi connectivity index (χ1) is 14.3. The molecule has 3 rings (SSSR count). The fraction of sp³-hybridized carbons (Fsp3) is 0.400. The monoisotopic (exact) mass is 415 g/mol. The molecule has 0 N–H and O–H groups in total. The molecule has 2 aromatic carbocycles. The number of carbonyl (C=O) groups excluding carboxylic acids is 1. The molecule has 0 heterocycles. The number of nitrogens with zero attached hydrogens (tertiary/aromatic N) is 1. The second-order valence-electron chi connectivity index (χ2n) is 8.04. The Balaban J connectivity index is 1.92. The molecule has 0 bridgehead atoms. The van der Waals surface area contributed by atoms with Gasteiger partial charge >= 0.3 is 6.18 Å². The summed E-state index contributed by atoms with van der Waals surface area (Å²) in [5, 5.41) is 0. The molecule has 2 aromatic rings. The number of hydrogen-bond acceptors (Lipinski definition) is 2. The van der Waals surface area contributed by atoms with Crippen LogP contribution in [0.3, 0.4) is 0 Å². The van der Waals surface area contributed by atoms with Crippen molar-refractivity contribution >= 4 is 11.5 Å². The number of alkyl halides is 3.